The van der Waals surface area contributed by atoms with Gasteiger partial charge < -0.3 is 14.4 Å². The van der Waals surface area contributed by atoms with E-state index in [1.165, 1.54) is 12.8 Å². The van der Waals surface area contributed by atoms with Crippen LogP contribution in [0, 0.1) is 5.92 Å². The van der Waals surface area contributed by atoms with Crippen LogP contribution < -0.4 is 0 Å². The predicted octanol–water partition coefficient (Wildman–Crippen LogP) is 1.62. The zero-order valence-electron chi connectivity index (χ0n) is 9.26. The number of carboxylic acid groups (broad SMARTS) is 1. The molecule has 4 nitrogen and oxygen atoms in total. The van der Waals surface area contributed by atoms with Crippen molar-refractivity contribution in [3.05, 3.63) is 24.2 Å². The number of carboxylic acids is 1. The van der Waals surface area contributed by atoms with Crippen LogP contribution in [0.1, 0.15) is 18.6 Å². The average molecular weight is 223 g/mol. The van der Waals surface area contributed by atoms with Gasteiger partial charge in [0.15, 0.2) is 0 Å². The lowest BCUT2D eigenvalue weighted by Crippen LogP contribution is -2.32. The Kier molecular flexibility index (Phi) is 3.62. The van der Waals surface area contributed by atoms with Crippen LogP contribution in [0.25, 0.3) is 0 Å². The van der Waals surface area contributed by atoms with Crippen LogP contribution in [-0.4, -0.2) is 35.6 Å². The van der Waals surface area contributed by atoms with Crippen molar-refractivity contribution in [3.63, 3.8) is 0 Å². The van der Waals surface area contributed by atoms with E-state index < -0.39 is 5.97 Å². The van der Waals surface area contributed by atoms with Gasteiger partial charge in [-0.1, -0.05) is 0 Å². The third-order valence-corrected chi connectivity index (χ3v) is 3.05. The van der Waals surface area contributed by atoms with E-state index in [2.05, 4.69) is 4.90 Å². The van der Waals surface area contributed by atoms with Crippen LogP contribution in [-0.2, 0) is 11.2 Å². The fourth-order valence-electron chi connectivity index (χ4n) is 2.18. The van der Waals surface area contributed by atoms with Crippen molar-refractivity contribution in [2.45, 2.75) is 19.3 Å². The lowest BCUT2D eigenvalue weighted by atomic mass is 10.0. The molecule has 1 unspecified atom stereocenters. The summed E-state index contributed by atoms with van der Waals surface area (Å²) >= 11 is 0. The van der Waals surface area contributed by atoms with Crippen LogP contribution in [0.3, 0.4) is 0 Å². The van der Waals surface area contributed by atoms with E-state index in [0.29, 0.717) is 13.0 Å². The first kappa shape index (κ1) is 11.2. The minimum absolute atomic E-state index is 0.357. The number of likely N-dealkylation sites (tertiary alicyclic amines) is 1. The van der Waals surface area contributed by atoms with Crippen molar-refractivity contribution in [3.8, 4) is 0 Å². The number of hydrogen-bond acceptors (Lipinski definition) is 3. The third-order valence-electron chi connectivity index (χ3n) is 3.05. The van der Waals surface area contributed by atoms with Crippen molar-refractivity contribution < 1.29 is 14.3 Å². The largest absolute Gasteiger partial charge is 0.481 e. The van der Waals surface area contributed by atoms with E-state index in [0.717, 1.165) is 18.8 Å². The minimum atomic E-state index is -0.733. The second-order valence-corrected chi connectivity index (χ2v) is 4.33. The zero-order chi connectivity index (χ0) is 11.4. The molecule has 0 amide bonds. The molecule has 1 fully saturated rings. The molecule has 2 rings (SSSR count). The Hall–Kier alpha value is -1.29. The van der Waals surface area contributed by atoms with Gasteiger partial charge in [0, 0.05) is 13.0 Å². The molecule has 1 saturated heterocycles. The SMILES string of the molecule is O=C(O)C(Cc1ccco1)CN1CCCC1. The monoisotopic (exact) mass is 223 g/mol. The molecule has 88 valence electrons. The number of nitrogens with zero attached hydrogens (tertiary/aromatic N) is 1. The lowest BCUT2D eigenvalue weighted by Gasteiger charge is -2.19. The summed E-state index contributed by atoms with van der Waals surface area (Å²) in [5.74, 6) is -0.334. The Labute approximate surface area is 94.9 Å². The summed E-state index contributed by atoms with van der Waals surface area (Å²) < 4.78 is 5.20. The molecular weight excluding hydrogens is 206 g/mol. The molecule has 0 saturated carbocycles. The van der Waals surface area contributed by atoms with Crippen LogP contribution in [0.5, 0.6) is 0 Å². The molecule has 0 spiro atoms. The summed E-state index contributed by atoms with van der Waals surface area (Å²) in [5.41, 5.74) is 0. The maximum absolute atomic E-state index is 11.1. The molecule has 1 aliphatic heterocycles. The highest BCUT2D eigenvalue weighted by Crippen LogP contribution is 2.15. The van der Waals surface area contributed by atoms with Crippen molar-refractivity contribution in [1.82, 2.24) is 4.90 Å². The second-order valence-electron chi connectivity index (χ2n) is 4.33. The number of rotatable bonds is 5. The van der Waals surface area contributed by atoms with E-state index >= 15 is 0 Å². The highest BCUT2D eigenvalue weighted by Gasteiger charge is 2.24. The van der Waals surface area contributed by atoms with Gasteiger partial charge >= 0.3 is 5.97 Å². The van der Waals surface area contributed by atoms with E-state index in [4.69, 9.17) is 9.52 Å². The van der Waals surface area contributed by atoms with Crippen LogP contribution in [0.2, 0.25) is 0 Å². The van der Waals surface area contributed by atoms with Crippen molar-refractivity contribution in [2.75, 3.05) is 19.6 Å². The molecule has 2 heterocycles. The molecule has 0 radical (unpaired) electrons. The highest BCUT2D eigenvalue weighted by molar-refractivity contribution is 5.70. The summed E-state index contributed by atoms with van der Waals surface area (Å²) in [6.45, 7) is 2.69. The van der Waals surface area contributed by atoms with E-state index in [1.807, 2.05) is 6.07 Å². The second kappa shape index (κ2) is 5.16. The first-order valence-corrected chi connectivity index (χ1v) is 5.73. The molecule has 16 heavy (non-hydrogen) atoms. The smallest absolute Gasteiger partial charge is 0.308 e. The van der Waals surface area contributed by atoms with Crippen LogP contribution in [0.15, 0.2) is 22.8 Å². The van der Waals surface area contributed by atoms with Crippen molar-refractivity contribution >= 4 is 5.97 Å². The van der Waals surface area contributed by atoms with Gasteiger partial charge in [-0.05, 0) is 38.1 Å². The van der Waals surface area contributed by atoms with Gasteiger partial charge in [-0.2, -0.15) is 0 Å². The molecule has 0 aromatic carbocycles. The fraction of sp³-hybridized carbons (Fsp3) is 0.583. The Bertz CT molecular complexity index is 328. The van der Waals surface area contributed by atoms with Gasteiger partial charge in [-0.3, -0.25) is 4.79 Å². The minimum Gasteiger partial charge on any atom is -0.481 e. The molecular formula is C12H17NO3. The Balaban J connectivity index is 1.91. The predicted molar refractivity (Wildman–Crippen MR) is 59.2 cm³/mol. The van der Waals surface area contributed by atoms with Crippen molar-refractivity contribution in [1.29, 1.82) is 0 Å². The van der Waals surface area contributed by atoms with Gasteiger partial charge in [0.2, 0.25) is 0 Å². The molecule has 0 aliphatic carbocycles. The fourth-order valence-corrected chi connectivity index (χ4v) is 2.18. The van der Waals surface area contributed by atoms with Gasteiger partial charge in [0.05, 0.1) is 12.2 Å². The number of furan rings is 1. The number of aliphatic carboxylic acids is 1. The van der Waals surface area contributed by atoms with E-state index in [9.17, 15) is 4.79 Å². The first-order valence-electron chi connectivity index (χ1n) is 5.73. The zero-order valence-corrected chi connectivity index (χ0v) is 9.26. The summed E-state index contributed by atoms with van der Waals surface area (Å²) in [6.07, 6.45) is 4.45. The quantitative estimate of drug-likeness (QED) is 0.824. The van der Waals surface area contributed by atoms with Gasteiger partial charge in [0.1, 0.15) is 5.76 Å². The lowest BCUT2D eigenvalue weighted by molar-refractivity contribution is -0.142. The standard InChI is InChI=1S/C12H17NO3/c14-12(15)10(8-11-4-3-7-16-11)9-13-5-1-2-6-13/h3-4,7,10H,1-2,5-6,8-9H2,(H,14,15). The maximum atomic E-state index is 11.1. The molecule has 1 aromatic heterocycles. The average Bonchev–Trinajstić information content (AvgIpc) is 2.88. The molecule has 4 heteroatoms. The van der Waals surface area contributed by atoms with E-state index in [1.54, 1.807) is 12.3 Å². The van der Waals surface area contributed by atoms with Crippen LogP contribution in [0.4, 0.5) is 0 Å². The molecule has 1 aromatic rings. The third kappa shape index (κ3) is 2.85. The topological polar surface area (TPSA) is 53.7 Å². The van der Waals surface area contributed by atoms with Gasteiger partial charge in [-0.25, -0.2) is 0 Å². The molecule has 1 atom stereocenters. The molecule has 0 bridgehead atoms. The Morgan fingerprint density at radius 2 is 2.25 bits per heavy atom. The number of hydrogen-bond donors (Lipinski definition) is 1. The molecule has 1 aliphatic rings. The number of carbonyl (C=O) groups is 1. The Morgan fingerprint density at radius 1 is 1.50 bits per heavy atom. The first-order chi connectivity index (χ1) is 7.75. The van der Waals surface area contributed by atoms with Crippen LogP contribution >= 0.6 is 0 Å². The summed E-state index contributed by atoms with van der Waals surface area (Å²) in [7, 11) is 0. The molecule has 1 N–H and O–H groups in total. The van der Waals surface area contributed by atoms with E-state index in [-0.39, 0.29) is 5.92 Å². The van der Waals surface area contributed by atoms with Crippen molar-refractivity contribution in [2.24, 2.45) is 5.92 Å². The van der Waals surface area contributed by atoms with Gasteiger partial charge in [0.25, 0.3) is 0 Å². The Morgan fingerprint density at radius 3 is 2.81 bits per heavy atom. The van der Waals surface area contributed by atoms with Gasteiger partial charge in [-0.15, -0.1) is 0 Å². The summed E-state index contributed by atoms with van der Waals surface area (Å²) in [6, 6.07) is 3.63. The summed E-state index contributed by atoms with van der Waals surface area (Å²) in [4.78, 5) is 13.4. The highest BCUT2D eigenvalue weighted by atomic mass is 16.4. The summed E-state index contributed by atoms with van der Waals surface area (Å²) in [5, 5.41) is 9.16. The maximum Gasteiger partial charge on any atom is 0.308 e. The normalized spacial score (nSPS) is 18.8.